The lowest BCUT2D eigenvalue weighted by molar-refractivity contribution is -0.112. The van der Waals surface area contributed by atoms with E-state index in [1.54, 1.807) is 0 Å². The number of fused-ring (bicyclic) bond motifs is 1. The standard InChI is InChI=1S/C8H2BrF2NO2/c9-5-2(10)1-3(11)6-4(5)7(13)8(14)12-6/h1H,(H,12,13,14). The molecule has 0 aliphatic carbocycles. The fourth-order valence-electron chi connectivity index (χ4n) is 1.21. The van der Waals surface area contributed by atoms with Crippen LogP contribution in [-0.2, 0) is 4.79 Å². The summed E-state index contributed by atoms with van der Waals surface area (Å²) in [6.45, 7) is 0. The van der Waals surface area contributed by atoms with Crippen LogP contribution in [0.15, 0.2) is 10.5 Å². The molecular formula is C8H2BrF2NO2. The van der Waals surface area contributed by atoms with Crippen molar-refractivity contribution in [2.75, 3.05) is 5.32 Å². The Morgan fingerprint density at radius 1 is 1.21 bits per heavy atom. The number of rotatable bonds is 0. The molecule has 1 amide bonds. The average Bonchev–Trinajstić information content (AvgIpc) is 2.41. The van der Waals surface area contributed by atoms with E-state index < -0.39 is 23.3 Å². The maximum absolute atomic E-state index is 13.1. The van der Waals surface area contributed by atoms with Crippen LogP contribution in [0.4, 0.5) is 14.5 Å². The van der Waals surface area contributed by atoms with Crippen LogP contribution in [0.2, 0.25) is 0 Å². The van der Waals surface area contributed by atoms with Gasteiger partial charge >= 0.3 is 0 Å². The lowest BCUT2D eigenvalue weighted by Crippen LogP contribution is -2.12. The van der Waals surface area contributed by atoms with Crippen LogP contribution in [0.3, 0.4) is 0 Å². The van der Waals surface area contributed by atoms with Crippen molar-refractivity contribution in [3.8, 4) is 0 Å². The molecule has 0 saturated heterocycles. The van der Waals surface area contributed by atoms with Gasteiger partial charge in [0.05, 0.1) is 15.7 Å². The Morgan fingerprint density at radius 2 is 1.86 bits per heavy atom. The summed E-state index contributed by atoms with van der Waals surface area (Å²) < 4.78 is 25.8. The number of nitrogens with one attached hydrogen (secondary N) is 1. The molecule has 0 radical (unpaired) electrons. The second kappa shape index (κ2) is 2.84. The first-order valence-corrected chi connectivity index (χ1v) is 4.35. The third kappa shape index (κ3) is 1.07. The molecular weight excluding hydrogens is 260 g/mol. The number of hydrogen-bond donors (Lipinski definition) is 1. The van der Waals surface area contributed by atoms with Crippen molar-refractivity contribution in [2.24, 2.45) is 0 Å². The van der Waals surface area contributed by atoms with Gasteiger partial charge in [0.1, 0.15) is 11.6 Å². The van der Waals surface area contributed by atoms with Crippen LogP contribution in [0.5, 0.6) is 0 Å². The third-order valence-corrected chi connectivity index (χ3v) is 2.62. The van der Waals surface area contributed by atoms with Gasteiger partial charge in [0.2, 0.25) is 0 Å². The Balaban J connectivity index is 2.80. The number of Topliss-reactive ketones (excluding diaryl/α,β-unsaturated/α-hetero) is 1. The van der Waals surface area contributed by atoms with E-state index in [4.69, 9.17) is 0 Å². The number of carbonyl (C=O) groups excluding carboxylic acids is 2. The van der Waals surface area contributed by atoms with Gasteiger partial charge in [-0.3, -0.25) is 9.59 Å². The van der Waals surface area contributed by atoms with Crippen LogP contribution in [-0.4, -0.2) is 11.7 Å². The molecule has 0 unspecified atom stereocenters. The van der Waals surface area contributed by atoms with E-state index in [1.165, 1.54) is 0 Å². The first-order chi connectivity index (χ1) is 6.52. The van der Waals surface area contributed by atoms with Crippen LogP contribution in [0.1, 0.15) is 10.4 Å². The zero-order valence-electron chi connectivity index (χ0n) is 6.53. The Kier molecular flexibility index (Phi) is 1.88. The minimum Gasteiger partial charge on any atom is -0.316 e. The van der Waals surface area contributed by atoms with Gasteiger partial charge < -0.3 is 5.32 Å². The highest BCUT2D eigenvalue weighted by atomic mass is 79.9. The van der Waals surface area contributed by atoms with E-state index in [0.717, 1.165) is 0 Å². The van der Waals surface area contributed by atoms with Gasteiger partial charge in [-0.15, -0.1) is 0 Å². The normalized spacial score (nSPS) is 14.2. The number of amides is 1. The molecule has 6 heteroatoms. The second-order valence-corrected chi connectivity index (χ2v) is 3.48. The highest BCUT2D eigenvalue weighted by molar-refractivity contribution is 9.10. The summed E-state index contributed by atoms with van der Waals surface area (Å²) in [6.07, 6.45) is 0. The third-order valence-electron chi connectivity index (χ3n) is 1.84. The van der Waals surface area contributed by atoms with E-state index in [1.807, 2.05) is 5.32 Å². The van der Waals surface area contributed by atoms with Crippen LogP contribution in [0, 0.1) is 11.6 Å². The van der Waals surface area contributed by atoms with Crippen molar-refractivity contribution >= 4 is 33.3 Å². The Morgan fingerprint density at radius 3 is 2.50 bits per heavy atom. The van der Waals surface area contributed by atoms with Crippen LogP contribution < -0.4 is 5.32 Å². The summed E-state index contributed by atoms with van der Waals surface area (Å²) in [5, 5.41) is 2.02. The monoisotopic (exact) mass is 261 g/mol. The topological polar surface area (TPSA) is 46.2 Å². The Hall–Kier alpha value is -1.30. The number of hydrogen-bond acceptors (Lipinski definition) is 2. The summed E-state index contributed by atoms with van der Waals surface area (Å²) in [5.74, 6) is -3.76. The summed E-state index contributed by atoms with van der Waals surface area (Å²) in [6, 6.07) is 0.599. The van der Waals surface area contributed by atoms with E-state index in [9.17, 15) is 18.4 Å². The maximum atomic E-state index is 13.1. The first-order valence-electron chi connectivity index (χ1n) is 3.55. The van der Waals surface area contributed by atoms with E-state index in [0.29, 0.717) is 6.07 Å². The molecule has 3 nitrogen and oxygen atoms in total. The number of halogens is 3. The van der Waals surface area contributed by atoms with Gasteiger partial charge in [-0.05, 0) is 15.9 Å². The van der Waals surface area contributed by atoms with Crippen molar-refractivity contribution < 1.29 is 18.4 Å². The molecule has 1 aliphatic heterocycles. The summed E-state index contributed by atoms with van der Waals surface area (Å²) in [7, 11) is 0. The molecule has 1 aromatic carbocycles. The minimum atomic E-state index is -0.958. The highest BCUT2D eigenvalue weighted by Gasteiger charge is 2.34. The van der Waals surface area contributed by atoms with Crippen molar-refractivity contribution in [3.05, 3.63) is 27.7 Å². The number of carbonyl (C=O) groups is 2. The van der Waals surface area contributed by atoms with E-state index >= 15 is 0 Å². The predicted molar refractivity (Wildman–Crippen MR) is 47.0 cm³/mol. The first kappa shape index (κ1) is 9.26. The van der Waals surface area contributed by atoms with Crippen LogP contribution in [0.25, 0.3) is 0 Å². The summed E-state index contributed by atoms with van der Waals surface area (Å²) in [4.78, 5) is 22.0. The second-order valence-electron chi connectivity index (χ2n) is 2.69. The lowest BCUT2D eigenvalue weighted by atomic mass is 10.1. The fourth-order valence-corrected chi connectivity index (χ4v) is 1.71. The molecule has 0 aromatic heterocycles. The maximum Gasteiger partial charge on any atom is 0.296 e. The van der Waals surface area contributed by atoms with E-state index in [2.05, 4.69) is 15.9 Å². The molecule has 1 aromatic rings. The molecule has 1 heterocycles. The average molecular weight is 262 g/mol. The molecule has 14 heavy (non-hydrogen) atoms. The Bertz CT molecular complexity index is 473. The SMILES string of the molecule is O=C1Nc2c(F)cc(F)c(Br)c2C1=O. The number of benzene rings is 1. The zero-order valence-corrected chi connectivity index (χ0v) is 8.11. The lowest BCUT2D eigenvalue weighted by Gasteiger charge is -2.02. The molecule has 0 bridgehead atoms. The number of anilines is 1. The van der Waals surface area contributed by atoms with Gasteiger partial charge in [0, 0.05) is 6.07 Å². The molecule has 0 spiro atoms. The largest absolute Gasteiger partial charge is 0.316 e. The number of ketones is 1. The van der Waals surface area contributed by atoms with Gasteiger partial charge in [0.25, 0.3) is 11.7 Å². The van der Waals surface area contributed by atoms with Crippen molar-refractivity contribution in [1.82, 2.24) is 0 Å². The highest BCUT2D eigenvalue weighted by Crippen LogP contribution is 2.34. The van der Waals surface area contributed by atoms with Gasteiger partial charge in [-0.2, -0.15) is 0 Å². The zero-order chi connectivity index (χ0) is 10.5. The molecule has 1 aliphatic rings. The Labute approximate surface area is 85.2 Å². The molecule has 0 atom stereocenters. The minimum absolute atomic E-state index is 0.197. The summed E-state index contributed by atoms with van der Waals surface area (Å²) >= 11 is 2.78. The quantitative estimate of drug-likeness (QED) is 0.573. The van der Waals surface area contributed by atoms with Crippen LogP contribution >= 0.6 is 15.9 Å². The molecule has 0 fully saturated rings. The van der Waals surface area contributed by atoms with E-state index in [-0.39, 0.29) is 15.7 Å². The van der Waals surface area contributed by atoms with Gasteiger partial charge in [-0.25, -0.2) is 8.78 Å². The van der Waals surface area contributed by atoms with Crippen molar-refractivity contribution in [3.63, 3.8) is 0 Å². The predicted octanol–water partition coefficient (Wildman–Crippen LogP) is 1.86. The summed E-state index contributed by atoms with van der Waals surface area (Å²) in [5.41, 5.74) is -0.555. The molecule has 0 saturated carbocycles. The van der Waals surface area contributed by atoms with Crippen molar-refractivity contribution in [1.29, 1.82) is 0 Å². The molecule has 72 valence electrons. The van der Waals surface area contributed by atoms with Gasteiger partial charge in [-0.1, -0.05) is 0 Å². The van der Waals surface area contributed by atoms with Crippen molar-refractivity contribution in [2.45, 2.75) is 0 Å². The molecule has 1 N–H and O–H groups in total. The van der Waals surface area contributed by atoms with Gasteiger partial charge in [0.15, 0.2) is 0 Å². The fraction of sp³-hybridized carbons (Fsp3) is 0. The smallest absolute Gasteiger partial charge is 0.296 e. The molecule has 2 rings (SSSR count).